The highest BCUT2D eigenvalue weighted by Crippen LogP contribution is 2.40. The van der Waals surface area contributed by atoms with Crippen LogP contribution in [0.15, 0.2) is 48.5 Å². The first-order chi connectivity index (χ1) is 15.8. The predicted molar refractivity (Wildman–Crippen MR) is 122 cm³/mol. The number of rotatable bonds is 3. The third kappa shape index (κ3) is 3.47. The second-order valence-electron chi connectivity index (χ2n) is 8.38. The van der Waals surface area contributed by atoms with E-state index in [1.54, 1.807) is 36.4 Å². The molecule has 5 rings (SSSR count). The van der Waals surface area contributed by atoms with Gasteiger partial charge in [0.05, 0.1) is 23.9 Å². The van der Waals surface area contributed by atoms with Crippen molar-refractivity contribution in [3.8, 4) is 11.1 Å². The summed E-state index contributed by atoms with van der Waals surface area (Å²) in [5.41, 5.74) is 3.71. The third-order valence-electron chi connectivity index (χ3n) is 6.50. The van der Waals surface area contributed by atoms with Crippen LogP contribution in [0.4, 0.5) is 0 Å². The van der Waals surface area contributed by atoms with Crippen molar-refractivity contribution in [1.82, 2.24) is 0 Å². The summed E-state index contributed by atoms with van der Waals surface area (Å²) in [5.74, 6) is -2.00. The van der Waals surface area contributed by atoms with Crippen molar-refractivity contribution < 1.29 is 30.3 Å². The molecule has 4 unspecified atom stereocenters. The van der Waals surface area contributed by atoms with Gasteiger partial charge in [-0.25, -0.2) is 9.90 Å². The van der Waals surface area contributed by atoms with Gasteiger partial charge < -0.3 is 20.4 Å². The van der Waals surface area contributed by atoms with Gasteiger partial charge in [-0.05, 0) is 80.2 Å². The summed E-state index contributed by atoms with van der Waals surface area (Å²) in [5, 5.41) is 55.2. The Balaban J connectivity index is 1.69. The monoisotopic (exact) mass is 463 g/mol. The molecule has 33 heavy (non-hydrogen) atoms. The summed E-state index contributed by atoms with van der Waals surface area (Å²) in [4.78, 5) is 11.4. The number of carboxylic acids is 1. The van der Waals surface area contributed by atoms with Gasteiger partial charge in [-0.2, -0.15) is 0 Å². The highest BCUT2D eigenvalue weighted by molar-refractivity contribution is 6.31. The first-order valence-electron chi connectivity index (χ1n) is 10.4. The van der Waals surface area contributed by atoms with Crippen LogP contribution in [-0.4, -0.2) is 32.5 Å². The number of carbonyl (C=O) groups is 1. The molecule has 4 atom stereocenters. The number of hydrogen-bond donors (Lipinski definition) is 4. The third-order valence-corrected chi connectivity index (χ3v) is 6.85. The van der Waals surface area contributed by atoms with Crippen molar-refractivity contribution >= 4 is 29.7 Å². The summed E-state index contributed by atoms with van der Waals surface area (Å²) in [7, 11) is 0. The van der Waals surface area contributed by atoms with Gasteiger partial charge in [-0.15, -0.1) is 0 Å². The van der Waals surface area contributed by atoms with E-state index in [0.29, 0.717) is 32.7 Å². The van der Waals surface area contributed by atoms with Crippen LogP contribution in [-0.2, 0) is 11.7 Å². The Morgan fingerprint density at radius 2 is 1.61 bits per heavy atom. The minimum absolute atomic E-state index is 0.00674. The highest BCUT2D eigenvalue weighted by Gasteiger charge is 2.35. The fraction of sp³-hybridized carbons (Fsp3) is 0.192. The number of aliphatic hydroxyl groups excluding tert-OH is 3. The molecule has 0 spiro atoms. The standard InChI is InChI=1S/C26H20ClO6/c27-21-6-2-13(26(32)33)8-20(21)24-23(30)10-19-16(25(24)31)5-4-14-17-7-12(11-28)1-3-15(17)22(29)9-18(14)19/h1-10,22-25,29-31H,11H2,(H,32,33). The largest absolute Gasteiger partial charge is 0.478 e. The van der Waals surface area contributed by atoms with Gasteiger partial charge in [0.1, 0.15) is 6.61 Å². The van der Waals surface area contributed by atoms with Crippen LogP contribution in [0.2, 0.25) is 5.02 Å². The summed E-state index contributed by atoms with van der Waals surface area (Å²) in [6.45, 7) is -0.380. The molecule has 0 amide bonds. The van der Waals surface area contributed by atoms with Crippen molar-refractivity contribution in [1.29, 1.82) is 0 Å². The zero-order valence-electron chi connectivity index (χ0n) is 17.3. The van der Waals surface area contributed by atoms with Crippen molar-refractivity contribution in [2.75, 3.05) is 0 Å². The minimum atomic E-state index is -1.16. The van der Waals surface area contributed by atoms with E-state index in [9.17, 15) is 30.3 Å². The van der Waals surface area contributed by atoms with Gasteiger partial charge in [0, 0.05) is 10.9 Å². The predicted octanol–water partition coefficient (Wildman–Crippen LogP) is 2.44. The Morgan fingerprint density at radius 1 is 0.848 bits per heavy atom. The van der Waals surface area contributed by atoms with Gasteiger partial charge in [-0.1, -0.05) is 35.9 Å². The van der Waals surface area contributed by atoms with Crippen LogP contribution in [0.5, 0.6) is 0 Å². The molecule has 0 fully saturated rings. The van der Waals surface area contributed by atoms with Gasteiger partial charge in [0.25, 0.3) is 0 Å². The lowest BCUT2D eigenvalue weighted by molar-refractivity contribution is 0.0689. The molecule has 3 aromatic rings. The summed E-state index contributed by atoms with van der Waals surface area (Å²) in [6, 6.07) is 13.0. The second-order valence-corrected chi connectivity index (χ2v) is 8.78. The van der Waals surface area contributed by atoms with E-state index in [0.717, 1.165) is 11.1 Å². The molecule has 2 aliphatic rings. The van der Waals surface area contributed by atoms with E-state index in [1.165, 1.54) is 18.2 Å². The molecule has 0 aromatic heterocycles. The fourth-order valence-electron chi connectivity index (χ4n) is 4.88. The number of halogens is 1. The van der Waals surface area contributed by atoms with Crippen LogP contribution < -0.4 is 10.4 Å². The molecule has 0 heterocycles. The molecular formula is C26H20ClO6. The maximum atomic E-state index is 11.4. The summed E-state index contributed by atoms with van der Waals surface area (Å²) in [6.07, 6.45) is 0.0527. The van der Waals surface area contributed by atoms with Crippen LogP contribution in [0.3, 0.4) is 0 Å². The molecule has 1 radical (unpaired) electrons. The lowest BCUT2D eigenvalue weighted by atomic mass is 9.77. The highest BCUT2D eigenvalue weighted by atomic mass is 35.5. The number of hydrogen-bond acceptors (Lipinski definition) is 4. The van der Waals surface area contributed by atoms with E-state index in [2.05, 4.69) is 0 Å². The first kappa shape index (κ1) is 21.8. The molecule has 0 bridgehead atoms. The average molecular weight is 464 g/mol. The molecule has 4 N–H and O–H groups in total. The first-order valence-corrected chi connectivity index (χ1v) is 10.8. The number of carboxylic acid groups (broad SMARTS) is 1. The Labute approximate surface area is 194 Å². The van der Waals surface area contributed by atoms with Crippen molar-refractivity contribution in [3.63, 3.8) is 0 Å². The lowest BCUT2D eigenvalue weighted by Gasteiger charge is -2.32. The molecule has 167 valence electrons. The molecule has 6 nitrogen and oxygen atoms in total. The van der Waals surface area contributed by atoms with E-state index >= 15 is 0 Å². The Hall–Kier alpha value is -3.00. The molecule has 0 saturated carbocycles. The molecule has 0 saturated heterocycles. The van der Waals surface area contributed by atoms with Gasteiger partial charge in [0.2, 0.25) is 0 Å². The minimum Gasteiger partial charge on any atom is -0.478 e. The summed E-state index contributed by atoms with van der Waals surface area (Å²) < 4.78 is 0. The maximum absolute atomic E-state index is 11.4. The number of aromatic carboxylic acids is 1. The van der Waals surface area contributed by atoms with E-state index < -0.39 is 30.2 Å². The lowest BCUT2D eigenvalue weighted by Crippen LogP contribution is -2.42. The Morgan fingerprint density at radius 3 is 2.33 bits per heavy atom. The zero-order chi connectivity index (χ0) is 23.4. The van der Waals surface area contributed by atoms with Crippen LogP contribution in [0.1, 0.15) is 50.7 Å². The molecule has 0 aliphatic heterocycles. The average Bonchev–Trinajstić information content (AvgIpc) is 2.80. The fourth-order valence-corrected chi connectivity index (χ4v) is 5.13. The van der Waals surface area contributed by atoms with E-state index in [-0.39, 0.29) is 17.2 Å². The maximum Gasteiger partial charge on any atom is 0.335 e. The zero-order valence-corrected chi connectivity index (χ0v) is 18.0. The smallest absolute Gasteiger partial charge is 0.335 e. The SMILES string of the molecule is [O]Cc1ccc2c(c1)-c1ccc3c(c1=CC2O)=CC(O)C(c1cc(C(=O)O)ccc1Cl)C3O. The van der Waals surface area contributed by atoms with Crippen molar-refractivity contribution in [3.05, 3.63) is 91.8 Å². The number of benzene rings is 3. The second kappa shape index (κ2) is 8.09. The number of fused-ring (bicyclic) bond motifs is 5. The topological polar surface area (TPSA) is 118 Å². The van der Waals surface area contributed by atoms with Crippen molar-refractivity contribution in [2.45, 2.75) is 30.8 Å². The van der Waals surface area contributed by atoms with E-state index in [4.69, 9.17) is 11.6 Å². The number of aliphatic hydroxyl groups is 3. The van der Waals surface area contributed by atoms with E-state index in [1.807, 2.05) is 6.07 Å². The van der Waals surface area contributed by atoms with Gasteiger partial charge >= 0.3 is 5.97 Å². The van der Waals surface area contributed by atoms with Crippen molar-refractivity contribution in [2.24, 2.45) is 0 Å². The Kier molecular flexibility index (Phi) is 5.35. The molecule has 2 aliphatic carbocycles. The van der Waals surface area contributed by atoms with Gasteiger partial charge in [0.15, 0.2) is 0 Å². The molecular weight excluding hydrogens is 444 g/mol. The van der Waals surface area contributed by atoms with Gasteiger partial charge in [-0.3, -0.25) is 0 Å². The molecule has 3 aromatic carbocycles. The summed E-state index contributed by atoms with van der Waals surface area (Å²) >= 11 is 6.32. The van der Waals surface area contributed by atoms with Crippen LogP contribution in [0.25, 0.3) is 23.3 Å². The normalized spacial score (nSPS) is 22.9. The molecule has 7 heteroatoms. The Bertz CT molecular complexity index is 1410. The quantitative estimate of drug-likeness (QED) is 0.476. The van der Waals surface area contributed by atoms with Crippen LogP contribution >= 0.6 is 11.6 Å². The van der Waals surface area contributed by atoms with Crippen LogP contribution in [0, 0.1) is 0 Å².